The van der Waals surface area contributed by atoms with Crippen LogP contribution >= 0.6 is 11.8 Å². The average molecular weight is 461 g/mol. The number of furan rings is 1. The molecule has 2 heterocycles. The summed E-state index contributed by atoms with van der Waals surface area (Å²) < 4.78 is 10.8. The van der Waals surface area contributed by atoms with Crippen LogP contribution in [0.4, 0.5) is 5.69 Å². The molecule has 0 N–H and O–H groups in total. The molecular weight excluding hydrogens is 436 g/mol. The van der Waals surface area contributed by atoms with Crippen LogP contribution in [0.5, 0.6) is 5.75 Å². The number of carbonyl (C=O) groups is 1. The minimum Gasteiger partial charge on any atom is -0.496 e. The molecule has 1 saturated heterocycles. The number of rotatable bonds is 7. The van der Waals surface area contributed by atoms with E-state index >= 15 is 0 Å². The monoisotopic (exact) mass is 460 g/mol. The fourth-order valence-electron chi connectivity index (χ4n) is 3.21. The third-order valence-electron chi connectivity index (χ3n) is 4.97. The van der Waals surface area contributed by atoms with Gasteiger partial charge in [0.25, 0.3) is 5.91 Å². The lowest BCUT2D eigenvalue weighted by molar-refractivity contribution is -0.122. The third-order valence-corrected chi connectivity index (χ3v) is 5.97. The second-order valence-electron chi connectivity index (χ2n) is 7.44. The van der Waals surface area contributed by atoms with E-state index in [1.54, 1.807) is 30.6 Å². The Morgan fingerprint density at radius 1 is 1.09 bits per heavy atom. The molecule has 2 aromatic carbocycles. The fraction of sp³-hybridized carbons (Fsp3) is 0.160. The second-order valence-corrected chi connectivity index (χ2v) is 8.45. The summed E-state index contributed by atoms with van der Waals surface area (Å²) in [6, 6.07) is 19.2. The first-order chi connectivity index (χ1) is 16.0. The third kappa shape index (κ3) is 5.35. The number of carbonyl (C=O) groups excluding carboxylic acids is 1. The summed E-state index contributed by atoms with van der Waals surface area (Å²) in [6.07, 6.45) is 5.07. The molecule has 1 aromatic heterocycles. The Balaban J connectivity index is 1.61. The molecule has 3 aromatic rings. The Hall–Kier alpha value is -3.78. The Labute approximate surface area is 197 Å². The van der Waals surface area contributed by atoms with Gasteiger partial charge in [-0.3, -0.25) is 9.69 Å². The van der Waals surface area contributed by atoms with Gasteiger partial charge in [-0.25, -0.2) is 0 Å². The minimum absolute atomic E-state index is 0.140. The van der Waals surface area contributed by atoms with E-state index in [4.69, 9.17) is 9.15 Å². The van der Waals surface area contributed by atoms with Crippen molar-refractivity contribution in [1.82, 2.24) is 4.90 Å². The number of nitrogens with zero attached hydrogens (tertiary/aromatic N) is 4. The molecule has 0 bridgehead atoms. The van der Waals surface area contributed by atoms with Crippen molar-refractivity contribution in [3.05, 3.63) is 88.7 Å². The highest BCUT2D eigenvalue weighted by Gasteiger charge is 2.34. The minimum atomic E-state index is -0.140. The molecule has 7 nitrogen and oxygen atoms in total. The number of anilines is 1. The predicted octanol–water partition coefficient (Wildman–Crippen LogP) is 4.86. The van der Waals surface area contributed by atoms with E-state index < -0.39 is 0 Å². The Morgan fingerprint density at radius 3 is 2.58 bits per heavy atom. The molecular formula is C25H24N4O3S. The number of methoxy groups -OCH3 is 1. The zero-order valence-electron chi connectivity index (χ0n) is 18.6. The number of amidine groups is 1. The average Bonchev–Trinajstić information content (AvgIpc) is 3.44. The number of thioether (sulfide) groups is 1. The lowest BCUT2D eigenvalue weighted by Gasteiger charge is -2.12. The molecule has 1 aliphatic heterocycles. The number of ether oxygens (including phenoxy) is 1. The van der Waals surface area contributed by atoms with Gasteiger partial charge in [-0.15, -0.1) is 5.10 Å². The lowest BCUT2D eigenvalue weighted by atomic mass is 10.2. The van der Waals surface area contributed by atoms with Crippen LogP contribution in [0.25, 0.3) is 6.08 Å². The summed E-state index contributed by atoms with van der Waals surface area (Å²) >= 11 is 1.29. The van der Waals surface area contributed by atoms with E-state index in [2.05, 4.69) is 10.2 Å². The molecule has 0 aliphatic carbocycles. The van der Waals surface area contributed by atoms with Crippen molar-refractivity contribution in [2.45, 2.75) is 6.54 Å². The van der Waals surface area contributed by atoms with E-state index in [-0.39, 0.29) is 12.5 Å². The van der Waals surface area contributed by atoms with Crippen molar-refractivity contribution >= 4 is 40.8 Å². The second kappa shape index (κ2) is 10.2. The van der Waals surface area contributed by atoms with Crippen molar-refractivity contribution in [3.8, 4) is 5.75 Å². The van der Waals surface area contributed by atoms with E-state index in [9.17, 15) is 4.79 Å². The molecule has 0 spiro atoms. The van der Waals surface area contributed by atoms with Gasteiger partial charge in [-0.2, -0.15) is 5.10 Å². The van der Waals surface area contributed by atoms with Crippen LogP contribution in [0.15, 0.2) is 86.5 Å². The smallest absolute Gasteiger partial charge is 0.267 e. The van der Waals surface area contributed by atoms with Gasteiger partial charge in [0.05, 0.1) is 31.0 Å². The normalized spacial score (nSPS) is 16.3. The predicted molar refractivity (Wildman–Crippen MR) is 134 cm³/mol. The van der Waals surface area contributed by atoms with Crippen LogP contribution < -0.4 is 9.64 Å². The Morgan fingerprint density at radius 2 is 1.88 bits per heavy atom. The van der Waals surface area contributed by atoms with Crippen LogP contribution in [-0.4, -0.2) is 43.4 Å². The number of amides is 1. The molecule has 0 unspecified atom stereocenters. The highest BCUT2D eigenvalue weighted by atomic mass is 32.2. The summed E-state index contributed by atoms with van der Waals surface area (Å²) in [4.78, 5) is 17.4. The maximum atomic E-state index is 13.2. The van der Waals surface area contributed by atoms with Gasteiger partial charge in [-0.1, -0.05) is 24.3 Å². The number of benzene rings is 2. The molecule has 1 amide bonds. The maximum absolute atomic E-state index is 13.2. The first kappa shape index (κ1) is 22.4. The van der Waals surface area contributed by atoms with Crippen LogP contribution in [0.3, 0.4) is 0 Å². The van der Waals surface area contributed by atoms with E-state index in [0.717, 1.165) is 16.8 Å². The highest BCUT2D eigenvalue weighted by Crippen LogP contribution is 2.34. The van der Waals surface area contributed by atoms with Gasteiger partial charge in [0.2, 0.25) is 0 Å². The summed E-state index contributed by atoms with van der Waals surface area (Å²) in [5, 5.41) is 9.05. The Kier molecular flexibility index (Phi) is 6.95. The maximum Gasteiger partial charge on any atom is 0.267 e. The zero-order valence-corrected chi connectivity index (χ0v) is 19.5. The molecule has 33 heavy (non-hydrogen) atoms. The van der Waals surface area contributed by atoms with Gasteiger partial charge in [0.1, 0.15) is 11.5 Å². The lowest BCUT2D eigenvalue weighted by Crippen LogP contribution is -2.28. The topological polar surface area (TPSA) is 70.6 Å². The van der Waals surface area contributed by atoms with Gasteiger partial charge >= 0.3 is 0 Å². The molecule has 0 atom stereocenters. The fourth-order valence-corrected chi connectivity index (χ4v) is 4.15. The largest absolute Gasteiger partial charge is 0.496 e. The molecule has 0 radical (unpaired) electrons. The van der Waals surface area contributed by atoms with Crippen molar-refractivity contribution in [2.75, 3.05) is 26.1 Å². The standard InChI is InChI=1S/C25H24N4O3S/c1-28(2)20-12-10-18(11-13-20)15-23-24(30)29(17-21-8-6-14-32-21)25(33-23)27-26-16-19-7-4-5-9-22(19)31-3/h4-16H,17H2,1-3H3/b23-15-,26-16-,27-25+. The molecule has 4 rings (SSSR count). The summed E-state index contributed by atoms with van der Waals surface area (Å²) in [5.74, 6) is 1.23. The summed E-state index contributed by atoms with van der Waals surface area (Å²) in [7, 11) is 5.59. The van der Waals surface area contributed by atoms with Gasteiger partial charge in [0.15, 0.2) is 5.17 Å². The van der Waals surface area contributed by atoms with Gasteiger partial charge in [-0.05, 0) is 59.8 Å². The first-order valence-electron chi connectivity index (χ1n) is 10.3. The van der Waals surface area contributed by atoms with Crippen molar-refractivity contribution < 1.29 is 13.9 Å². The SMILES string of the molecule is COc1ccccc1/C=N\N=C1\S/C(=C\c2ccc(N(C)C)cc2)C(=O)N1Cc1ccco1. The quantitative estimate of drug-likeness (QED) is 0.286. The molecule has 168 valence electrons. The molecule has 0 saturated carbocycles. The van der Waals surface area contributed by atoms with E-state index in [1.807, 2.05) is 79.7 Å². The first-order valence-corrected chi connectivity index (χ1v) is 11.1. The summed E-state index contributed by atoms with van der Waals surface area (Å²) in [5.41, 5.74) is 2.83. The molecule has 1 aliphatic rings. The van der Waals surface area contributed by atoms with Crippen molar-refractivity contribution in [2.24, 2.45) is 10.2 Å². The van der Waals surface area contributed by atoms with Crippen molar-refractivity contribution in [1.29, 1.82) is 0 Å². The van der Waals surface area contributed by atoms with Gasteiger partial charge < -0.3 is 14.1 Å². The number of hydrogen-bond donors (Lipinski definition) is 0. The van der Waals surface area contributed by atoms with Crippen molar-refractivity contribution in [3.63, 3.8) is 0 Å². The summed E-state index contributed by atoms with van der Waals surface area (Å²) in [6.45, 7) is 0.277. The van der Waals surface area contributed by atoms with Crippen LogP contribution in [0.1, 0.15) is 16.9 Å². The van der Waals surface area contributed by atoms with Crippen LogP contribution in [0, 0.1) is 0 Å². The molecule has 1 fully saturated rings. The van der Waals surface area contributed by atoms with E-state index in [0.29, 0.717) is 21.6 Å². The van der Waals surface area contributed by atoms with Crippen LogP contribution in [0.2, 0.25) is 0 Å². The molecule has 8 heteroatoms. The van der Waals surface area contributed by atoms with Crippen LogP contribution in [-0.2, 0) is 11.3 Å². The highest BCUT2D eigenvalue weighted by molar-refractivity contribution is 8.18. The van der Waals surface area contributed by atoms with Gasteiger partial charge in [0, 0.05) is 25.3 Å². The number of para-hydroxylation sites is 1. The van der Waals surface area contributed by atoms with E-state index in [1.165, 1.54) is 11.8 Å². The number of hydrogen-bond acceptors (Lipinski definition) is 7. The zero-order chi connectivity index (χ0) is 23.2. The Bertz CT molecular complexity index is 1200.